The van der Waals surface area contributed by atoms with Crippen LogP contribution in [0.1, 0.15) is 37.5 Å². The van der Waals surface area contributed by atoms with E-state index < -0.39 is 0 Å². The Balaban J connectivity index is 1.21. The molecule has 8 aromatic rings. The molecule has 8 aromatic carbocycles. The largest absolute Gasteiger partial charge is 0.450 e. The average Bonchev–Trinajstić information content (AvgIpc) is 3.22. The summed E-state index contributed by atoms with van der Waals surface area (Å²) in [5, 5.41) is 2.45. The molecule has 0 unspecified atom stereocenters. The molecule has 4 nitrogen and oxygen atoms in total. The van der Waals surface area contributed by atoms with Crippen LogP contribution in [0.25, 0.3) is 33.0 Å². The van der Waals surface area contributed by atoms with E-state index >= 15 is 0 Å². The number of fused-ring (bicyclic) bond motifs is 7. The van der Waals surface area contributed by atoms with Crippen LogP contribution in [0.3, 0.4) is 0 Å². The van der Waals surface area contributed by atoms with Crippen LogP contribution in [0, 0.1) is 13.8 Å². The van der Waals surface area contributed by atoms with Crippen molar-refractivity contribution in [1.82, 2.24) is 0 Å². The van der Waals surface area contributed by atoms with Crippen LogP contribution in [0.4, 0.5) is 28.4 Å². The smallest absolute Gasteiger partial charge is 0.333 e. The summed E-state index contributed by atoms with van der Waals surface area (Å²) >= 11 is 0. The molecule has 5 heteroatoms. The van der Waals surface area contributed by atoms with Crippen LogP contribution in [-0.4, -0.2) is 6.85 Å². The second kappa shape index (κ2) is 12.4. The number of aryl methyl sites for hydroxylation is 2. The van der Waals surface area contributed by atoms with E-state index in [1.54, 1.807) is 0 Å². The molecule has 0 spiro atoms. The molecular weight excluding hydrogens is 695 g/mol. The fraction of sp³-hybridized carbons (Fsp3) is 0.115. The molecule has 3 heterocycles. The Morgan fingerprint density at radius 3 is 1.86 bits per heavy atom. The van der Waals surface area contributed by atoms with Gasteiger partial charge >= 0.3 is 6.85 Å². The number of ether oxygens (including phenoxy) is 2. The highest BCUT2D eigenvalue weighted by atomic mass is 16.6. The molecule has 57 heavy (non-hydrogen) atoms. The van der Waals surface area contributed by atoms with Gasteiger partial charge in [-0.25, -0.2) is 0 Å². The third-order valence-corrected chi connectivity index (χ3v) is 12.0. The second-order valence-electron chi connectivity index (χ2n) is 16.7. The summed E-state index contributed by atoms with van der Waals surface area (Å²) in [7, 11) is 0. The van der Waals surface area contributed by atoms with Gasteiger partial charge in [-0.3, -0.25) is 0 Å². The van der Waals surface area contributed by atoms with Crippen LogP contribution in [0.5, 0.6) is 23.0 Å². The van der Waals surface area contributed by atoms with E-state index in [1.165, 1.54) is 66.6 Å². The first-order chi connectivity index (χ1) is 27.7. The highest BCUT2D eigenvalue weighted by Gasteiger charge is 2.46. The Morgan fingerprint density at radius 1 is 0.491 bits per heavy atom. The number of nitrogens with zero attached hydrogens (tertiary/aromatic N) is 2. The van der Waals surface area contributed by atoms with Gasteiger partial charge in [0.05, 0.1) is 0 Å². The molecule has 0 atom stereocenters. The molecule has 0 saturated carbocycles. The Morgan fingerprint density at radius 2 is 1.16 bits per heavy atom. The first-order valence-corrected chi connectivity index (χ1v) is 19.9. The predicted octanol–water partition coefficient (Wildman–Crippen LogP) is 13.0. The molecule has 0 radical (unpaired) electrons. The molecule has 0 saturated heterocycles. The topological polar surface area (TPSA) is 24.9 Å². The molecular formula is C52H41BN2O2. The van der Waals surface area contributed by atoms with E-state index in [-0.39, 0.29) is 12.3 Å². The summed E-state index contributed by atoms with van der Waals surface area (Å²) in [6, 6.07) is 57.4. The third-order valence-electron chi connectivity index (χ3n) is 12.0. The predicted molar refractivity (Wildman–Crippen MR) is 238 cm³/mol. The molecule has 3 aliphatic heterocycles. The lowest BCUT2D eigenvalue weighted by Gasteiger charge is -2.46. The van der Waals surface area contributed by atoms with Gasteiger partial charge in [-0.2, -0.15) is 0 Å². The first kappa shape index (κ1) is 33.6. The summed E-state index contributed by atoms with van der Waals surface area (Å²) in [5.74, 6) is 2.86. The van der Waals surface area contributed by atoms with E-state index in [0.29, 0.717) is 17.2 Å². The minimum absolute atomic E-state index is 0.0321. The molecule has 0 fully saturated rings. The summed E-state index contributed by atoms with van der Waals surface area (Å²) in [6.07, 6.45) is 0. The van der Waals surface area contributed by atoms with Crippen molar-refractivity contribution in [2.75, 3.05) is 9.71 Å². The Kier molecular flexibility index (Phi) is 7.31. The van der Waals surface area contributed by atoms with Crippen LogP contribution < -0.4 is 30.1 Å². The Bertz CT molecular complexity index is 2930. The highest BCUT2D eigenvalue weighted by Crippen LogP contribution is 2.52. The van der Waals surface area contributed by atoms with Gasteiger partial charge in [-0.1, -0.05) is 112 Å². The van der Waals surface area contributed by atoms with Crippen molar-refractivity contribution in [2.45, 2.75) is 40.0 Å². The standard InChI is InChI=1S/C52H41BN2O2/c1-32-25-41-40-28-35-15-9-10-16-36(35)29-44(40)55(39-22-20-38(21-23-39)52(3,4)5)53-42-30-49-50(57-48-18-12-11-17-47(48)56-49)31-45(42)54(46(26-32)51(41)53)43-24-19-37(27-33(43)2)34-13-7-6-8-14-34/h6-31H,1-5H3. The zero-order valence-corrected chi connectivity index (χ0v) is 32.8. The van der Waals surface area contributed by atoms with Crippen molar-refractivity contribution < 1.29 is 9.47 Å². The fourth-order valence-electron chi connectivity index (χ4n) is 9.19. The second-order valence-corrected chi connectivity index (χ2v) is 16.7. The number of hydrogen-bond donors (Lipinski definition) is 0. The number of benzene rings is 8. The summed E-state index contributed by atoms with van der Waals surface area (Å²) in [5.41, 5.74) is 16.8. The number of anilines is 5. The van der Waals surface area contributed by atoms with Crippen LogP contribution in [0.15, 0.2) is 158 Å². The molecule has 11 rings (SSSR count). The van der Waals surface area contributed by atoms with Crippen LogP contribution in [-0.2, 0) is 5.41 Å². The lowest BCUT2D eigenvalue weighted by Crippen LogP contribution is -2.61. The molecule has 0 N–H and O–H groups in total. The maximum atomic E-state index is 6.68. The van der Waals surface area contributed by atoms with Gasteiger partial charge in [-0.05, 0) is 135 Å². The van der Waals surface area contributed by atoms with E-state index in [9.17, 15) is 0 Å². The molecule has 3 aliphatic rings. The van der Waals surface area contributed by atoms with Gasteiger partial charge in [0, 0.05) is 40.1 Å². The van der Waals surface area contributed by atoms with Gasteiger partial charge in [0.25, 0.3) is 0 Å². The molecule has 0 bridgehead atoms. The monoisotopic (exact) mass is 736 g/mol. The first-order valence-electron chi connectivity index (χ1n) is 19.9. The minimum Gasteiger partial charge on any atom is -0.450 e. The summed E-state index contributed by atoms with van der Waals surface area (Å²) in [4.78, 5) is 5.04. The maximum Gasteiger partial charge on any atom is 0.333 e. The summed E-state index contributed by atoms with van der Waals surface area (Å²) < 4.78 is 13.3. The minimum atomic E-state index is -0.161. The van der Waals surface area contributed by atoms with Crippen molar-refractivity contribution in [3.8, 4) is 45.3 Å². The normalized spacial score (nSPS) is 13.5. The quantitative estimate of drug-likeness (QED) is 0.169. The van der Waals surface area contributed by atoms with Gasteiger partial charge in [0.15, 0.2) is 23.0 Å². The third kappa shape index (κ3) is 5.29. The average molecular weight is 737 g/mol. The Labute approximate surface area is 334 Å². The van der Waals surface area contributed by atoms with Gasteiger partial charge in [-0.15, -0.1) is 0 Å². The van der Waals surface area contributed by atoms with Gasteiger partial charge in [0.2, 0.25) is 0 Å². The lowest BCUT2D eigenvalue weighted by atomic mass is 9.43. The zero-order chi connectivity index (χ0) is 38.6. The molecule has 0 aliphatic carbocycles. The molecule has 274 valence electrons. The SMILES string of the molecule is Cc1cc2c3c(c1)N(c1ccc(-c4ccccc4)cc1C)c1cc4c(cc1B3N(c1ccc(C(C)(C)C)cc1)c1cc3ccccc3cc1-2)Oc1ccccc1O4. The van der Waals surface area contributed by atoms with Crippen LogP contribution >= 0.6 is 0 Å². The van der Waals surface area contributed by atoms with Crippen molar-refractivity contribution in [2.24, 2.45) is 0 Å². The van der Waals surface area contributed by atoms with E-state index in [1.807, 2.05) is 24.3 Å². The summed E-state index contributed by atoms with van der Waals surface area (Å²) in [6.45, 7) is 11.1. The molecule has 0 amide bonds. The highest BCUT2D eigenvalue weighted by molar-refractivity contribution is 6.93. The van der Waals surface area contributed by atoms with Gasteiger partial charge in [0.1, 0.15) is 0 Å². The zero-order valence-electron chi connectivity index (χ0n) is 32.8. The van der Waals surface area contributed by atoms with Crippen molar-refractivity contribution in [1.29, 1.82) is 0 Å². The molecule has 0 aromatic heterocycles. The van der Waals surface area contributed by atoms with Crippen molar-refractivity contribution in [3.05, 3.63) is 174 Å². The lowest BCUT2D eigenvalue weighted by molar-refractivity contribution is 0.360. The van der Waals surface area contributed by atoms with Crippen molar-refractivity contribution >= 4 is 57.0 Å². The number of hydrogen-bond acceptors (Lipinski definition) is 4. The van der Waals surface area contributed by atoms with E-state index in [2.05, 4.69) is 178 Å². The van der Waals surface area contributed by atoms with E-state index in [0.717, 1.165) is 28.3 Å². The maximum absolute atomic E-state index is 6.68. The van der Waals surface area contributed by atoms with Crippen molar-refractivity contribution in [3.63, 3.8) is 0 Å². The number of para-hydroxylation sites is 2. The van der Waals surface area contributed by atoms with E-state index in [4.69, 9.17) is 9.47 Å². The Hall–Kier alpha value is -6.72. The number of rotatable bonds is 3. The van der Waals surface area contributed by atoms with Gasteiger partial charge < -0.3 is 19.2 Å². The fourth-order valence-corrected chi connectivity index (χ4v) is 9.19. The van der Waals surface area contributed by atoms with Crippen LogP contribution in [0.2, 0.25) is 0 Å².